The maximum atomic E-state index is 13.6. The summed E-state index contributed by atoms with van der Waals surface area (Å²) in [5.74, 6) is -0.0861. The highest BCUT2D eigenvalue weighted by Gasteiger charge is 2.09. The number of nitrogens with one attached hydrogen (secondary N) is 2. The van der Waals surface area contributed by atoms with Crippen LogP contribution in [0.3, 0.4) is 0 Å². The molecule has 0 aliphatic carbocycles. The van der Waals surface area contributed by atoms with Crippen molar-refractivity contribution in [2.45, 2.75) is 19.8 Å². The number of ether oxygens (including phenoxy) is 1. The minimum absolute atomic E-state index is 0.371. The lowest BCUT2D eigenvalue weighted by molar-refractivity contribution is 0.0377. The normalized spacial score (nSPS) is 16.0. The van der Waals surface area contributed by atoms with E-state index in [0.29, 0.717) is 24.5 Å². The SMILES string of the molecule is CCNC(=NCCCN1CCOCC1)NCCc1cc(F)ccc1F. The van der Waals surface area contributed by atoms with Gasteiger partial charge < -0.3 is 15.4 Å². The predicted octanol–water partition coefficient (Wildman–Crippen LogP) is 1.78. The minimum Gasteiger partial charge on any atom is -0.379 e. The summed E-state index contributed by atoms with van der Waals surface area (Å²) in [4.78, 5) is 6.92. The van der Waals surface area contributed by atoms with Crippen molar-refractivity contribution in [1.29, 1.82) is 0 Å². The van der Waals surface area contributed by atoms with Crippen LogP contribution < -0.4 is 10.6 Å². The molecule has 0 unspecified atom stereocenters. The number of hydrogen-bond acceptors (Lipinski definition) is 3. The second kappa shape index (κ2) is 11.0. The van der Waals surface area contributed by atoms with E-state index >= 15 is 0 Å². The van der Waals surface area contributed by atoms with Gasteiger partial charge in [-0.2, -0.15) is 0 Å². The lowest BCUT2D eigenvalue weighted by atomic mass is 10.1. The first-order valence-electron chi connectivity index (χ1n) is 8.95. The maximum Gasteiger partial charge on any atom is 0.191 e. The molecule has 1 saturated heterocycles. The molecule has 2 N–H and O–H groups in total. The smallest absolute Gasteiger partial charge is 0.191 e. The summed E-state index contributed by atoms with van der Waals surface area (Å²) in [5, 5.41) is 6.34. The van der Waals surface area contributed by atoms with Crippen molar-refractivity contribution in [3.05, 3.63) is 35.4 Å². The van der Waals surface area contributed by atoms with Gasteiger partial charge in [-0.05, 0) is 43.5 Å². The second-order valence-corrected chi connectivity index (χ2v) is 5.98. The Morgan fingerprint density at radius 2 is 2.04 bits per heavy atom. The molecule has 1 aromatic carbocycles. The van der Waals surface area contributed by atoms with Gasteiger partial charge in [-0.3, -0.25) is 9.89 Å². The molecule has 0 bridgehead atoms. The summed E-state index contributed by atoms with van der Waals surface area (Å²) >= 11 is 0. The summed E-state index contributed by atoms with van der Waals surface area (Å²) in [5.41, 5.74) is 0.371. The van der Waals surface area contributed by atoms with E-state index in [0.717, 1.165) is 64.5 Å². The zero-order valence-corrected chi connectivity index (χ0v) is 14.9. The Morgan fingerprint density at radius 3 is 2.80 bits per heavy atom. The van der Waals surface area contributed by atoms with Crippen molar-refractivity contribution >= 4 is 5.96 Å². The topological polar surface area (TPSA) is 48.9 Å². The molecule has 140 valence electrons. The van der Waals surface area contributed by atoms with Crippen molar-refractivity contribution < 1.29 is 13.5 Å². The van der Waals surface area contributed by atoms with E-state index in [1.165, 1.54) is 6.07 Å². The molecule has 0 radical (unpaired) electrons. The van der Waals surface area contributed by atoms with Crippen molar-refractivity contribution in [2.75, 3.05) is 52.5 Å². The van der Waals surface area contributed by atoms with Crippen LogP contribution >= 0.6 is 0 Å². The average molecular weight is 354 g/mol. The Labute approximate surface area is 148 Å². The minimum atomic E-state index is -0.417. The second-order valence-electron chi connectivity index (χ2n) is 5.98. The molecule has 0 saturated carbocycles. The van der Waals surface area contributed by atoms with Crippen LogP contribution in [0.15, 0.2) is 23.2 Å². The fraction of sp³-hybridized carbons (Fsp3) is 0.611. The van der Waals surface area contributed by atoms with Gasteiger partial charge in [0.15, 0.2) is 5.96 Å². The zero-order chi connectivity index (χ0) is 17.9. The molecule has 0 spiro atoms. The van der Waals surface area contributed by atoms with Crippen LogP contribution in [0.5, 0.6) is 0 Å². The van der Waals surface area contributed by atoms with Crippen LogP contribution in [0, 0.1) is 11.6 Å². The van der Waals surface area contributed by atoms with Crippen LogP contribution in [0.2, 0.25) is 0 Å². The van der Waals surface area contributed by atoms with Gasteiger partial charge in [0.05, 0.1) is 13.2 Å². The van der Waals surface area contributed by atoms with Crippen molar-refractivity contribution in [1.82, 2.24) is 15.5 Å². The van der Waals surface area contributed by atoms with Crippen LogP contribution in [0.25, 0.3) is 0 Å². The molecule has 25 heavy (non-hydrogen) atoms. The van der Waals surface area contributed by atoms with E-state index < -0.39 is 5.82 Å². The van der Waals surface area contributed by atoms with Gasteiger partial charge in [-0.15, -0.1) is 0 Å². The Balaban J connectivity index is 1.72. The largest absolute Gasteiger partial charge is 0.379 e. The summed E-state index contributed by atoms with van der Waals surface area (Å²) in [7, 11) is 0. The number of benzene rings is 1. The first kappa shape index (κ1) is 19.6. The molecule has 5 nitrogen and oxygen atoms in total. The fourth-order valence-electron chi connectivity index (χ4n) is 2.70. The van der Waals surface area contributed by atoms with Crippen LogP contribution in [0.1, 0.15) is 18.9 Å². The van der Waals surface area contributed by atoms with E-state index in [9.17, 15) is 8.78 Å². The Kier molecular flexibility index (Phi) is 8.62. The molecule has 0 amide bonds. The Hall–Kier alpha value is -1.73. The van der Waals surface area contributed by atoms with Crippen molar-refractivity contribution in [2.24, 2.45) is 4.99 Å². The van der Waals surface area contributed by atoms with Gasteiger partial charge in [0.2, 0.25) is 0 Å². The molecule has 7 heteroatoms. The number of halogens is 2. The molecular formula is C18H28F2N4O. The highest BCUT2D eigenvalue weighted by molar-refractivity contribution is 5.79. The molecule has 0 aromatic heterocycles. The number of hydrogen-bond donors (Lipinski definition) is 2. The standard InChI is InChI=1S/C18H28F2N4O/c1-2-21-18(22-7-3-9-24-10-12-25-13-11-24)23-8-6-15-14-16(19)4-5-17(15)20/h4-5,14H,2-3,6-13H2,1H3,(H2,21,22,23). The lowest BCUT2D eigenvalue weighted by Gasteiger charge is -2.26. The first-order valence-corrected chi connectivity index (χ1v) is 8.95. The number of nitrogens with zero attached hydrogens (tertiary/aromatic N) is 2. The fourth-order valence-corrected chi connectivity index (χ4v) is 2.70. The molecule has 1 aliphatic rings. The van der Waals surface area contributed by atoms with Gasteiger partial charge in [-0.25, -0.2) is 8.78 Å². The van der Waals surface area contributed by atoms with Gasteiger partial charge in [0.1, 0.15) is 11.6 Å². The molecule has 1 fully saturated rings. The quantitative estimate of drug-likeness (QED) is 0.425. The third kappa shape index (κ3) is 7.36. The number of guanidine groups is 1. The number of aliphatic imine (C=N–C) groups is 1. The Morgan fingerprint density at radius 1 is 1.24 bits per heavy atom. The van der Waals surface area contributed by atoms with Crippen LogP contribution in [0.4, 0.5) is 8.78 Å². The highest BCUT2D eigenvalue weighted by Crippen LogP contribution is 2.09. The summed E-state index contributed by atoms with van der Waals surface area (Å²) < 4.78 is 32.1. The summed E-state index contributed by atoms with van der Waals surface area (Å²) in [6.07, 6.45) is 1.39. The molecule has 1 aliphatic heterocycles. The van der Waals surface area contributed by atoms with Gasteiger partial charge >= 0.3 is 0 Å². The van der Waals surface area contributed by atoms with E-state index in [1.807, 2.05) is 6.92 Å². The molecule has 0 atom stereocenters. The van der Waals surface area contributed by atoms with E-state index in [4.69, 9.17) is 4.74 Å². The highest BCUT2D eigenvalue weighted by atomic mass is 19.1. The number of morpholine rings is 1. The summed E-state index contributed by atoms with van der Waals surface area (Å²) in [6, 6.07) is 3.53. The van der Waals surface area contributed by atoms with Gasteiger partial charge in [-0.1, -0.05) is 0 Å². The zero-order valence-electron chi connectivity index (χ0n) is 14.9. The number of rotatable bonds is 8. The maximum absolute atomic E-state index is 13.6. The van der Waals surface area contributed by atoms with Crippen molar-refractivity contribution in [3.8, 4) is 0 Å². The van der Waals surface area contributed by atoms with E-state index in [2.05, 4.69) is 20.5 Å². The monoisotopic (exact) mass is 354 g/mol. The lowest BCUT2D eigenvalue weighted by Crippen LogP contribution is -2.39. The van der Waals surface area contributed by atoms with E-state index in [-0.39, 0.29) is 5.82 Å². The molecule has 2 rings (SSSR count). The third-order valence-corrected chi connectivity index (χ3v) is 4.04. The van der Waals surface area contributed by atoms with Gasteiger partial charge in [0, 0.05) is 39.3 Å². The average Bonchev–Trinajstić information content (AvgIpc) is 2.62. The third-order valence-electron chi connectivity index (χ3n) is 4.04. The van der Waals surface area contributed by atoms with Crippen LogP contribution in [-0.4, -0.2) is 63.3 Å². The van der Waals surface area contributed by atoms with E-state index in [1.54, 1.807) is 0 Å². The molecule has 1 heterocycles. The molecule has 1 aromatic rings. The molecular weight excluding hydrogens is 326 g/mol. The van der Waals surface area contributed by atoms with Gasteiger partial charge in [0.25, 0.3) is 0 Å². The first-order chi connectivity index (χ1) is 12.2. The van der Waals surface area contributed by atoms with Crippen molar-refractivity contribution in [3.63, 3.8) is 0 Å². The van der Waals surface area contributed by atoms with Crippen LogP contribution in [-0.2, 0) is 11.2 Å². The summed E-state index contributed by atoms with van der Waals surface area (Å²) in [6.45, 7) is 8.58. The Bertz CT molecular complexity index is 548. The predicted molar refractivity (Wildman–Crippen MR) is 95.9 cm³/mol.